The number of aldehydes is 1. The molecule has 0 aromatic rings. The van der Waals surface area contributed by atoms with Crippen LogP contribution < -0.4 is 0 Å². The Bertz CT molecular complexity index is 1050. The van der Waals surface area contributed by atoms with Crippen LogP contribution in [0, 0.1) is 40.9 Å². The second-order valence-corrected chi connectivity index (χ2v) is 14.7. The van der Waals surface area contributed by atoms with Gasteiger partial charge < -0.3 is 9.47 Å². The van der Waals surface area contributed by atoms with E-state index < -0.39 is 5.60 Å². The molecule has 0 amide bonds. The van der Waals surface area contributed by atoms with Crippen LogP contribution in [0.5, 0.6) is 0 Å². The number of carbonyl (C=O) groups excluding carboxylic acids is 2. The van der Waals surface area contributed by atoms with Gasteiger partial charge in [-0.3, -0.25) is 9.59 Å². The topological polar surface area (TPSA) is 52.6 Å². The molecule has 0 saturated heterocycles. The summed E-state index contributed by atoms with van der Waals surface area (Å²) in [6.07, 6.45) is 12.2. The molecule has 0 bridgehead atoms. The molecule has 0 aliphatic heterocycles. The first-order valence-corrected chi connectivity index (χ1v) is 15.7. The molecule has 0 spiro atoms. The molecule has 39 heavy (non-hydrogen) atoms. The van der Waals surface area contributed by atoms with Crippen LogP contribution >= 0.6 is 0 Å². The summed E-state index contributed by atoms with van der Waals surface area (Å²) < 4.78 is 13.3. The summed E-state index contributed by atoms with van der Waals surface area (Å²) in [6, 6.07) is 0. The van der Waals surface area contributed by atoms with E-state index in [1.54, 1.807) is 0 Å². The lowest BCUT2D eigenvalue weighted by molar-refractivity contribution is -0.132. The van der Waals surface area contributed by atoms with Crippen LogP contribution in [-0.2, 0) is 19.1 Å². The molecule has 4 nitrogen and oxygen atoms in total. The lowest BCUT2D eigenvalue weighted by Crippen LogP contribution is -2.43. The zero-order chi connectivity index (χ0) is 28.9. The van der Waals surface area contributed by atoms with E-state index in [9.17, 15) is 9.59 Å². The van der Waals surface area contributed by atoms with E-state index in [-0.39, 0.29) is 34.6 Å². The Kier molecular flexibility index (Phi) is 8.50. The Morgan fingerprint density at radius 3 is 2.23 bits per heavy atom. The van der Waals surface area contributed by atoms with E-state index in [0.717, 1.165) is 61.7 Å². The Morgan fingerprint density at radius 2 is 1.69 bits per heavy atom. The van der Waals surface area contributed by atoms with Gasteiger partial charge in [0.2, 0.25) is 0 Å². The first kappa shape index (κ1) is 30.3. The van der Waals surface area contributed by atoms with E-state index in [1.807, 2.05) is 19.9 Å². The smallest absolute Gasteiger partial charge is 0.170 e. The Labute approximate surface area is 238 Å². The van der Waals surface area contributed by atoms with Gasteiger partial charge in [0, 0.05) is 23.7 Å². The van der Waals surface area contributed by atoms with Crippen molar-refractivity contribution >= 4 is 12.1 Å². The van der Waals surface area contributed by atoms with Crippen molar-refractivity contribution in [2.75, 3.05) is 0 Å². The number of fused-ring (bicyclic) bond motifs is 1. The highest BCUT2D eigenvalue weighted by molar-refractivity contribution is 6.01. The van der Waals surface area contributed by atoms with Crippen molar-refractivity contribution < 1.29 is 19.1 Å². The Morgan fingerprint density at radius 1 is 1.05 bits per heavy atom. The molecule has 4 aliphatic carbocycles. The highest BCUT2D eigenvalue weighted by atomic mass is 16.5. The molecule has 4 rings (SSSR count). The molecule has 218 valence electrons. The summed E-state index contributed by atoms with van der Waals surface area (Å²) in [6.45, 7) is 21.9. The van der Waals surface area contributed by atoms with Gasteiger partial charge >= 0.3 is 0 Å². The van der Waals surface area contributed by atoms with Gasteiger partial charge in [-0.1, -0.05) is 66.2 Å². The number of ether oxygens (including phenoxy) is 2. The normalized spacial score (nSPS) is 37.0. The number of hydrogen-bond donors (Lipinski definition) is 0. The number of hydrogen-bond acceptors (Lipinski definition) is 4. The van der Waals surface area contributed by atoms with Crippen LogP contribution in [0.1, 0.15) is 114 Å². The molecule has 4 heteroatoms. The highest BCUT2D eigenvalue weighted by Gasteiger charge is 2.60. The fraction of sp³-hybridized carbons (Fsp3) is 0.771. The summed E-state index contributed by atoms with van der Waals surface area (Å²) in [4.78, 5) is 25.8. The third-order valence-corrected chi connectivity index (χ3v) is 10.8. The maximum atomic E-state index is 13.2. The minimum Gasteiger partial charge on any atom is -0.483 e. The number of Topliss-reactive ketones (excluding diaryl/α,β-unsaturated/α-hetero) is 1. The molecular weight excluding hydrogens is 484 g/mol. The van der Waals surface area contributed by atoms with Crippen molar-refractivity contribution in [2.24, 2.45) is 40.9 Å². The van der Waals surface area contributed by atoms with Crippen molar-refractivity contribution in [1.82, 2.24) is 0 Å². The van der Waals surface area contributed by atoms with Crippen LogP contribution in [0.2, 0.25) is 0 Å². The maximum Gasteiger partial charge on any atom is 0.170 e. The van der Waals surface area contributed by atoms with Crippen molar-refractivity contribution in [3.63, 3.8) is 0 Å². The van der Waals surface area contributed by atoms with Gasteiger partial charge in [-0.15, -0.1) is 0 Å². The van der Waals surface area contributed by atoms with E-state index in [2.05, 4.69) is 61.5 Å². The van der Waals surface area contributed by atoms with Gasteiger partial charge in [0.1, 0.15) is 5.76 Å². The third-order valence-electron chi connectivity index (χ3n) is 10.8. The number of rotatable bonds is 10. The molecule has 0 N–H and O–H groups in total. The lowest BCUT2D eigenvalue weighted by atomic mass is 9.69. The zero-order valence-electron chi connectivity index (χ0n) is 26.4. The summed E-state index contributed by atoms with van der Waals surface area (Å²) >= 11 is 0. The van der Waals surface area contributed by atoms with Crippen LogP contribution in [-0.4, -0.2) is 29.4 Å². The third kappa shape index (κ3) is 5.88. The van der Waals surface area contributed by atoms with Gasteiger partial charge in [0.15, 0.2) is 17.7 Å². The summed E-state index contributed by atoms with van der Waals surface area (Å²) in [5.74, 6) is 3.33. The van der Waals surface area contributed by atoms with Crippen molar-refractivity contribution in [3.8, 4) is 0 Å². The lowest BCUT2D eigenvalue weighted by Gasteiger charge is -2.44. The highest BCUT2D eigenvalue weighted by Crippen LogP contribution is 2.58. The van der Waals surface area contributed by atoms with Crippen LogP contribution in [0.3, 0.4) is 0 Å². The first-order chi connectivity index (χ1) is 18.2. The van der Waals surface area contributed by atoms with E-state index in [0.29, 0.717) is 30.3 Å². The predicted molar refractivity (Wildman–Crippen MR) is 158 cm³/mol. The zero-order valence-corrected chi connectivity index (χ0v) is 26.4. The van der Waals surface area contributed by atoms with Crippen molar-refractivity contribution in [2.45, 2.75) is 131 Å². The largest absolute Gasteiger partial charge is 0.483 e. The molecule has 6 atom stereocenters. The molecule has 2 fully saturated rings. The molecule has 0 aromatic heterocycles. The van der Waals surface area contributed by atoms with Gasteiger partial charge in [-0.25, -0.2) is 0 Å². The van der Waals surface area contributed by atoms with Crippen LogP contribution in [0.4, 0.5) is 0 Å². The molecule has 0 radical (unpaired) electrons. The molecule has 2 saturated carbocycles. The van der Waals surface area contributed by atoms with Crippen molar-refractivity contribution in [3.05, 3.63) is 34.6 Å². The standard InChI is InChI=1S/C35H54O4/c1-11-33(7,8)32(37)27-13-14-35(20-36,29-19-28(27)29)39-31-23(5)17-26(18-24(31)6)25-15-21(3)30(22(4)16-25)38-34(9,10)12-2/h13,17,20-22,24-25,28-30H,11-12,14-16,18-19H2,1-10H3. The molecular formula is C35H54O4. The average Bonchev–Trinajstić information content (AvgIpc) is 3.69. The SMILES string of the molecule is CCC(C)(C)OC1C(C)CC(C2=CC(C)=C(OC3(C=O)CC=C(C(=O)C(C)(C)CC)C4CC43)C(C)C2)CC1C. The number of allylic oxidation sites excluding steroid dienone is 5. The van der Waals surface area contributed by atoms with Gasteiger partial charge in [0.25, 0.3) is 0 Å². The molecule has 4 aliphatic rings. The van der Waals surface area contributed by atoms with Gasteiger partial charge in [-0.05, 0) is 94.1 Å². The van der Waals surface area contributed by atoms with E-state index in [1.165, 1.54) is 5.57 Å². The molecule has 6 unspecified atom stereocenters. The van der Waals surface area contributed by atoms with Crippen LogP contribution in [0.15, 0.2) is 34.6 Å². The summed E-state index contributed by atoms with van der Waals surface area (Å²) in [5, 5.41) is 0. The van der Waals surface area contributed by atoms with Crippen LogP contribution in [0.25, 0.3) is 0 Å². The molecule has 0 heterocycles. The van der Waals surface area contributed by atoms with E-state index >= 15 is 0 Å². The predicted octanol–water partition coefficient (Wildman–Crippen LogP) is 8.41. The summed E-state index contributed by atoms with van der Waals surface area (Å²) in [7, 11) is 0. The number of carbonyl (C=O) groups is 2. The van der Waals surface area contributed by atoms with E-state index in [4.69, 9.17) is 9.47 Å². The molecule has 0 aromatic carbocycles. The fourth-order valence-electron chi connectivity index (χ4n) is 7.46. The van der Waals surface area contributed by atoms with Crippen molar-refractivity contribution in [1.29, 1.82) is 0 Å². The number of ketones is 1. The monoisotopic (exact) mass is 538 g/mol. The second-order valence-electron chi connectivity index (χ2n) is 14.7. The van der Waals surface area contributed by atoms with Gasteiger partial charge in [0.05, 0.1) is 11.7 Å². The second kappa shape index (κ2) is 11.0. The fourth-order valence-corrected chi connectivity index (χ4v) is 7.46. The maximum absolute atomic E-state index is 13.2. The quantitative estimate of drug-likeness (QED) is 0.262. The Balaban J connectivity index is 1.50. The minimum atomic E-state index is -0.842. The van der Waals surface area contributed by atoms with Gasteiger partial charge in [-0.2, -0.15) is 0 Å². The average molecular weight is 539 g/mol. The first-order valence-electron chi connectivity index (χ1n) is 15.7. The minimum absolute atomic E-state index is 0.0755. The summed E-state index contributed by atoms with van der Waals surface area (Å²) in [5.41, 5.74) is 2.35. The Hall–Kier alpha value is -1.68.